The Balaban J connectivity index is 2.82. The number of hydrogen-bond acceptors (Lipinski definition) is 10. The van der Waals surface area contributed by atoms with Crippen LogP contribution in [-0.4, -0.2) is 105 Å². The van der Waals surface area contributed by atoms with Crippen LogP contribution in [0.4, 0.5) is 0 Å². The van der Waals surface area contributed by atoms with Crippen molar-refractivity contribution in [2.75, 3.05) is 13.2 Å². The molecule has 0 aromatic heterocycles. The zero-order chi connectivity index (χ0) is 18.4. The molecular formula is C13H23NO10. The predicted molar refractivity (Wildman–Crippen MR) is 75.4 cm³/mol. The molecule has 24 heavy (non-hydrogen) atoms. The summed E-state index contributed by atoms with van der Waals surface area (Å²) < 4.78 is 10.2. The average Bonchev–Trinajstić information content (AvgIpc) is 2.56. The Morgan fingerprint density at radius 3 is 2.33 bits per heavy atom. The summed E-state index contributed by atoms with van der Waals surface area (Å²) in [5.41, 5.74) is 0. The third-order valence-electron chi connectivity index (χ3n) is 3.61. The summed E-state index contributed by atoms with van der Waals surface area (Å²) in [6, 6.07) is -1.22. The van der Waals surface area contributed by atoms with Gasteiger partial charge in [0.05, 0.1) is 19.3 Å². The lowest BCUT2D eigenvalue weighted by molar-refractivity contribution is -0.313. The summed E-state index contributed by atoms with van der Waals surface area (Å²) in [4.78, 5) is 22.2. The van der Waals surface area contributed by atoms with Crippen molar-refractivity contribution in [2.24, 2.45) is 0 Å². The number of nitrogens with one attached hydrogen (secondary N) is 1. The lowest BCUT2D eigenvalue weighted by atomic mass is 9.99. The van der Waals surface area contributed by atoms with Crippen molar-refractivity contribution in [1.82, 2.24) is 5.32 Å². The van der Waals surface area contributed by atoms with Crippen molar-refractivity contribution in [3.05, 3.63) is 0 Å². The van der Waals surface area contributed by atoms with Gasteiger partial charge in [0.15, 0.2) is 12.6 Å². The number of ether oxygens (including phenoxy) is 2. The van der Waals surface area contributed by atoms with Crippen LogP contribution in [0.5, 0.6) is 0 Å². The Bertz CT molecular complexity index is 420. The number of aldehydes is 1. The first-order valence-corrected chi connectivity index (χ1v) is 7.24. The van der Waals surface area contributed by atoms with Crippen LogP contribution in [0, 0.1) is 0 Å². The van der Waals surface area contributed by atoms with E-state index in [4.69, 9.17) is 14.6 Å². The molecule has 0 aromatic rings. The van der Waals surface area contributed by atoms with Crippen molar-refractivity contribution in [3.63, 3.8) is 0 Å². The van der Waals surface area contributed by atoms with E-state index in [-0.39, 0.29) is 6.29 Å². The normalized spacial score (nSPS) is 34.2. The van der Waals surface area contributed by atoms with Gasteiger partial charge >= 0.3 is 0 Å². The standard InChI is InChI=1S/C13H23NO10/c1-5(18)14-6(2-15)9(19)7(3-16)23-13-12(22)11(21)10(20)8(4-17)24-13/h3,6-13,15,17,19-22H,2,4H2,1H3,(H,14,18)/t6-,7+,8+,9+,10-,11-,12+,13+/m0/s1. The fraction of sp³-hybridized carbons (Fsp3) is 0.846. The molecule has 1 saturated heterocycles. The van der Waals surface area contributed by atoms with Crippen LogP contribution in [0.15, 0.2) is 0 Å². The van der Waals surface area contributed by atoms with Gasteiger partial charge < -0.3 is 50.2 Å². The van der Waals surface area contributed by atoms with E-state index < -0.39 is 68.1 Å². The van der Waals surface area contributed by atoms with Crippen molar-refractivity contribution >= 4 is 12.2 Å². The minimum absolute atomic E-state index is 0.163. The van der Waals surface area contributed by atoms with Gasteiger partial charge in [0, 0.05) is 6.92 Å². The fourth-order valence-corrected chi connectivity index (χ4v) is 2.26. The molecule has 1 heterocycles. The number of aliphatic hydroxyl groups excluding tert-OH is 6. The van der Waals surface area contributed by atoms with Crippen LogP contribution in [-0.2, 0) is 19.1 Å². The lowest BCUT2D eigenvalue weighted by Crippen LogP contribution is -2.61. The topological polar surface area (TPSA) is 186 Å². The molecule has 7 N–H and O–H groups in total. The third kappa shape index (κ3) is 4.91. The molecule has 1 aliphatic heterocycles. The first kappa shape index (κ1) is 20.9. The smallest absolute Gasteiger partial charge is 0.217 e. The van der Waals surface area contributed by atoms with Crippen LogP contribution >= 0.6 is 0 Å². The highest BCUT2D eigenvalue weighted by Crippen LogP contribution is 2.23. The first-order valence-electron chi connectivity index (χ1n) is 7.24. The highest BCUT2D eigenvalue weighted by Gasteiger charge is 2.45. The molecule has 0 aromatic carbocycles. The molecule has 11 heteroatoms. The lowest BCUT2D eigenvalue weighted by Gasteiger charge is -2.41. The quantitative estimate of drug-likeness (QED) is 0.209. The molecule has 1 aliphatic rings. The monoisotopic (exact) mass is 353 g/mol. The fourth-order valence-electron chi connectivity index (χ4n) is 2.26. The van der Waals surface area contributed by atoms with Gasteiger partial charge in [-0.25, -0.2) is 0 Å². The first-order chi connectivity index (χ1) is 11.3. The minimum atomic E-state index is -1.76. The van der Waals surface area contributed by atoms with Crippen molar-refractivity contribution in [2.45, 2.75) is 55.9 Å². The predicted octanol–water partition coefficient (Wildman–Crippen LogP) is -4.77. The Labute approximate surface area is 137 Å². The maximum atomic E-state index is 11.2. The van der Waals surface area contributed by atoms with Gasteiger partial charge in [0.2, 0.25) is 5.91 Å². The highest BCUT2D eigenvalue weighted by atomic mass is 16.7. The van der Waals surface area contributed by atoms with E-state index >= 15 is 0 Å². The summed E-state index contributed by atoms with van der Waals surface area (Å²) in [6.07, 6.45) is -11.1. The Kier molecular flexibility index (Phi) is 8.12. The second-order valence-corrected chi connectivity index (χ2v) is 5.41. The minimum Gasteiger partial charge on any atom is -0.394 e. The molecular weight excluding hydrogens is 330 g/mol. The van der Waals surface area contributed by atoms with Crippen LogP contribution in [0.1, 0.15) is 6.92 Å². The number of aliphatic hydroxyl groups is 6. The SMILES string of the molecule is CC(=O)N[C@@H](CO)[C@@H](O)[C@@H](C=O)O[C@@H]1O[C@H](CO)[C@H](O)[C@H](O)[C@H]1O. The molecule has 0 bridgehead atoms. The van der Waals surface area contributed by atoms with Crippen LogP contribution in [0.2, 0.25) is 0 Å². The molecule has 1 amide bonds. The molecule has 11 nitrogen and oxygen atoms in total. The van der Waals surface area contributed by atoms with Crippen molar-refractivity contribution in [1.29, 1.82) is 0 Å². The van der Waals surface area contributed by atoms with Crippen LogP contribution in [0.3, 0.4) is 0 Å². The third-order valence-corrected chi connectivity index (χ3v) is 3.61. The zero-order valence-corrected chi connectivity index (χ0v) is 12.9. The van der Waals surface area contributed by atoms with Crippen molar-refractivity contribution in [3.8, 4) is 0 Å². The molecule has 8 atom stereocenters. The molecule has 0 saturated carbocycles. The molecule has 0 radical (unpaired) electrons. The van der Waals surface area contributed by atoms with E-state index in [1.54, 1.807) is 0 Å². The maximum Gasteiger partial charge on any atom is 0.217 e. The second kappa shape index (κ2) is 9.34. The Hall–Kier alpha value is -1.18. The number of carbonyl (C=O) groups excluding carboxylic acids is 2. The van der Waals surface area contributed by atoms with Gasteiger partial charge in [0.1, 0.15) is 36.6 Å². The van der Waals surface area contributed by atoms with E-state index in [2.05, 4.69) is 5.32 Å². The van der Waals surface area contributed by atoms with E-state index in [0.717, 1.165) is 6.92 Å². The Morgan fingerprint density at radius 1 is 1.25 bits per heavy atom. The number of carbonyl (C=O) groups is 2. The largest absolute Gasteiger partial charge is 0.394 e. The molecule has 1 fully saturated rings. The summed E-state index contributed by atoms with van der Waals surface area (Å²) in [6.45, 7) is -0.239. The number of rotatable bonds is 8. The van der Waals surface area contributed by atoms with Crippen LogP contribution in [0.25, 0.3) is 0 Å². The van der Waals surface area contributed by atoms with E-state index in [1.807, 2.05) is 0 Å². The molecule has 1 rings (SSSR count). The van der Waals surface area contributed by atoms with Gasteiger partial charge in [-0.1, -0.05) is 0 Å². The van der Waals surface area contributed by atoms with Crippen LogP contribution < -0.4 is 5.32 Å². The molecule has 140 valence electrons. The van der Waals surface area contributed by atoms with Gasteiger partial charge in [0.25, 0.3) is 0 Å². The summed E-state index contributed by atoms with van der Waals surface area (Å²) >= 11 is 0. The molecule has 0 spiro atoms. The zero-order valence-electron chi connectivity index (χ0n) is 12.9. The maximum absolute atomic E-state index is 11.2. The number of amides is 1. The van der Waals surface area contributed by atoms with E-state index in [1.165, 1.54) is 0 Å². The van der Waals surface area contributed by atoms with Gasteiger partial charge in [-0.15, -0.1) is 0 Å². The summed E-state index contributed by atoms with van der Waals surface area (Å²) in [5.74, 6) is -0.564. The van der Waals surface area contributed by atoms with Gasteiger partial charge in [-0.05, 0) is 0 Å². The number of hydrogen-bond donors (Lipinski definition) is 7. The van der Waals surface area contributed by atoms with Crippen molar-refractivity contribution < 1.29 is 49.7 Å². The summed E-state index contributed by atoms with van der Waals surface area (Å²) in [5, 5.41) is 59.6. The second-order valence-electron chi connectivity index (χ2n) is 5.41. The van der Waals surface area contributed by atoms with E-state index in [9.17, 15) is 35.1 Å². The average molecular weight is 353 g/mol. The molecule has 0 unspecified atom stereocenters. The summed E-state index contributed by atoms with van der Waals surface area (Å²) in [7, 11) is 0. The molecule has 0 aliphatic carbocycles. The van der Waals surface area contributed by atoms with Gasteiger partial charge in [-0.2, -0.15) is 0 Å². The Morgan fingerprint density at radius 2 is 1.88 bits per heavy atom. The van der Waals surface area contributed by atoms with Gasteiger partial charge in [-0.3, -0.25) is 4.79 Å². The highest BCUT2D eigenvalue weighted by molar-refractivity contribution is 5.73. The van der Waals surface area contributed by atoms with E-state index in [0.29, 0.717) is 0 Å².